The second-order valence-corrected chi connectivity index (χ2v) is 6.71. The van der Waals surface area contributed by atoms with Crippen LogP contribution in [0.4, 0.5) is 10.2 Å². The highest BCUT2D eigenvalue weighted by molar-refractivity contribution is 5.87. The van der Waals surface area contributed by atoms with E-state index >= 15 is 0 Å². The predicted octanol–water partition coefficient (Wildman–Crippen LogP) is 3.74. The van der Waals surface area contributed by atoms with Crippen LogP contribution < -0.4 is 10.5 Å². The van der Waals surface area contributed by atoms with Crippen molar-refractivity contribution in [3.63, 3.8) is 0 Å². The van der Waals surface area contributed by atoms with E-state index in [1.54, 1.807) is 18.5 Å². The predicted molar refractivity (Wildman–Crippen MR) is 98.8 cm³/mol. The highest BCUT2D eigenvalue weighted by atomic mass is 19.1. The van der Waals surface area contributed by atoms with E-state index < -0.39 is 11.8 Å². The van der Waals surface area contributed by atoms with E-state index in [2.05, 4.69) is 15.0 Å². The van der Waals surface area contributed by atoms with E-state index in [0.29, 0.717) is 11.7 Å². The third-order valence-electron chi connectivity index (χ3n) is 4.87. The van der Waals surface area contributed by atoms with Crippen LogP contribution in [0.5, 0.6) is 11.6 Å². The van der Waals surface area contributed by atoms with Crippen LogP contribution in [0.15, 0.2) is 48.9 Å². The Labute approximate surface area is 160 Å². The molecule has 0 spiro atoms. The zero-order chi connectivity index (χ0) is 19.7. The molecule has 0 unspecified atom stereocenters. The molecule has 3 N–H and O–H groups in total. The number of carboxylic acid groups (broad SMARTS) is 1. The first-order valence-electron chi connectivity index (χ1n) is 8.73. The second kappa shape index (κ2) is 7.22. The summed E-state index contributed by atoms with van der Waals surface area (Å²) in [5, 5.41) is 8.87. The van der Waals surface area contributed by atoms with Gasteiger partial charge in [-0.25, -0.2) is 19.2 Å². The number of aromatic carboxylic acids is 1. The van der Waals surface area contributed by atoms with Crippen molar-refractivity contribution in [3.05, 3.63) is 71.6 Å². The van der Waals surface area contributed by atoms with Gasteiger partial charge in [0.15, 0.2) is 11.6 Å². The van der Waals surface area contributed by atoms with Crippen LogP contribution in [0.25, 0.3) is 0 Å². The summed E-state index contributed by atoms with van der Waals surface area (Å²) in [6.07, 6.45) is 6.15. The Hall–Kier alpha value is -3.55. The van der Waals surface area contributed by atoms with E-state index in [1.165, 1.54) is 24.4 Å². The standard InChI is InChI=1S/C20H17FN4O3/c21-15-7-11(13-5-14(6-13)16-9-24-18(22)10-23-16)1-3-17(15)28-19-4-2-12(8-25-19)20(26)27/h1-4,7-10,13-14H,5-6H2,(H2,22,24)(H,26,27). The van der Waals surface area contributed by atoms with Crippen molar-refractivity contribution in [1.82, 2.24) is 15.0 Å². The molecule has 1 aliphatic rings. The first kappa shape index (κ1) is 17.8. The molecule has 0 radical (unpaired) electrons. The number of pyridine rings is 1. The van der Waals surface area contributed by atoms with Crippen molar-refractivity contribution in [1.29, 1.82) is 0 Å². The summed E-state index contributed by atoms with van der Waals surface area (Å²) >= 11 is 0. The van der Waals surface area contributed by atoms with Crippen LogP contribution in [-0.2, 0) is 0 Å². The molecule has 2 heterocycles. The number of nitrogens with two attached hydrogens (primary N) is 1. The molecule has 0 saturated heterocycles. The Kier molecular flexibility index (Phi) is 4.60. The number of anilines is 1. The molecule has 7 nitrogen and oxygen atoms in total. The average molecular weight is 380 g/mol. The summed E-state index contributed by atoms with van der Waals surface area (Å²) in [5.41, 5.74) is 7.40. The van der Waals surface area contributed by atoms with Gasteiger partial charge in [0.1, 0.15) is 5.82 Å². The number of benzene rings is 1. The highest BCUT2D eigenvalue weighted by Gasteiger charge is 2.33. The van der Waals surface area contributed by atoms with Crippen molar-refractivity contribution in [2.75, 3.05) is 5.73 Å². The molecule has 1 aliphatic carbocycles. The molecular formula is C20H17FN4O3. The number of hydrogen-bond donors (Lipinski definition) is 2. The topological polar surface area (TPSA) is 111 Å². The summed E-state index contributed by atoms with van der Waals surface area (Å²) < 4.78 is 19.9. The third-order valence-corrected chi connectivity index (χ3v) is 4.87. The lowest BCUT2D eigenvalue weighted by Gasteiger charge is -2.35. The molecule has 4 rings (SSSR count). The van der Waals surface area contributed by atoms with Crippen LogP contribution >= 0.6 is 0 Å². The molecule has 0 atom stereocenters. The van der Waals surface area contributed by atoms with Crippen LogP contribution in [0, 0.1) is 5.82 Å². The minimum Gasteiger partial charge on any atom is -0.478 e. The minimum atomic E-state index is -1.08. The Balaban J connectivity index is 1.41. The smallest absolute Gasteiger partial charge is 0.337 e. The molecule has 0 aliphatic heterocycles. The average Bonchev–Trinajstić information content (AvgIpc) is 2.64. The lowest BCUT2D eigenvalue weighted by molar-refractivity contribution is 0.0696. The second-order valence-electron chi connectivity index (χ2n) is 6.71. The summed E-state index contributed by atoms with van der Waals surface area (Å²) in [7, 11) is 0. The maximum absolute atomic E-state index is 14.4. The highest BCUT2D eigenvalue weighted by Crippen LogP contribution is 2.47. The summed E-state index contributed by atoms with van der Waals surface area (Å²) in [5.74, 6) is -0.461. The quantitative estimate of drug-likeness (QED) is 0.693. The van der Waals surface area contributed by atoms with Gasteiger partial charge in [-0.05, 0) is 42.5 Å². The molecule has 1 aromatic carbocycles. The largest absolute Gasteiger partial charge is 0.478 e. The number of hydrogen-bond acceptors (Lipinski definition) is 6. The molecule has 142 valence electrons. The van der Waals surface area contributed by atoms with Gasteiger partial charge in [0.2, 0.25) is 5.88 Å². The summed E-state index contributed by atoms with van der Waals surface area (Å²) in [6.45, 7) is 0. The zero-order valence-electron chi connectivity index (χ0n) is 14.7. The van der Waals surface area contributed by atoms with Gasteiger partial charge in [-0.3, -0.25) is 4.98 Å². The monoisotopic (exact) mass is 380 g/mol. The summed E-state index contributed by atoms with van der Waals surface area (Å²) in [6, 6.07) is 7.61. The molecule has 1 fully saturated rings. The van der Waals surface area contributed by atoms with E-state index in [-0.39, 0.29) is 23.1 Å². The van der Waals surface area contributed by atoms with Gasteiger partial charge in [-0.1, -0.05) is 6.07 Å². The normalized spacial score (nSPS) is 18.3. The molecule has 0 bridgehead atoms. The van der Waals surface area contributed by atoms with Crippen molar-refractivity contribution in [2.24, 2.45) is 0 Å². The van der Waals surface area contributed by atoms with E-state index in [9.17, 15) is 9.18 Å². The number of nitrogens with zero attached hydrogens (tertiary/aromatic N) is 3. The molecule has 1 saturated carbocycles. The van der Waals surface area contributed by atoms with Gasteiger partial charge < -0.3 is 15.6 Å². The van der Waals surface area contributed by atoms with E-state index in [4.69, 9.17) is 15.6 Å². The van der Waals surface area contributed by atoms with E-state index in [0.717, 1.165) is 24.1 Å². The number of nitrogen functional groups attached to an aromatic ring is 1. The van der Waals surface area contributed by atoms with Gasteiger partial charge >= 0.3 is 5.97 Å². The van der Waals surface area contributed by atoms with Gasteiger partial charge in [0.25, 0.3) is 0 Å². The fraction of sp³-hybridized carbons (Fsp3) is 0.200. The fourth-order valence-corrected chi connectivity index (χ4v) is 3.22. The van der Waals surface area contributed by atoms with Crippen LogP contribution in [0.2, 0.25) is 0 Å². The Bertz CT molecular complexity index is 1000. The molecular weight excluding hydrogens is 363 g/mol. The Morgan fingerprint density at radius 1 is 1.07 bits per heavy atom. The number of aromatic nitrogens is 3. The maximum atomic E-state index is 14.4. The van der Waals surface area contributed by atoms with Gasteiger partial charge in [0, 0.05) is 18.2 Å². The van der Waals surface area contributed by atoms with Crippen LogP contribution in [0.1, 0.15) is 46.3 Å². The third kappa shape index (κ3) is 3.62. The lowest BCUT2D eigenvalue weighted by Crippen LogP contribution is -2.21. The number of ether oxygens (including phenoxy) is 1. The Morgan fingerprint density at radius 3 is 2.50 bits per heavy atom. The first-order chi connectivity index (χ1) is 13.5. The van der Waals surface area contributed by atoms with Gasteiger partial charge in [-0.2, -0.15) is 0 Å². The van der Waals surface area contributed by atoms with Crippen molar-refractivity contribution < 1.29 is 19.0 Å². The zero-order valence-corrected chi connectivity index (χ0v) is 14.7. The molecule has 0 amide bonds. The van der Waals surface area contributed by atoms with Crippen molar-refractivity contribution in [3.8, 4) is 11.6 Å². The molecule has 2 aromatic heterocycles. The minimum absolute atomic E-state index is 0.0356. The molecule has 3 aromatic rings. The number of carboxylic acids is 1. The van der Waals surface area contributed by atoms with Gasteiger partial charge in [0.05, 0.1) is 23.7 Å². The van der Waals surface area contributed by atoms with Crippen molar-refractivity contribution >= 4 is 11.8 Å². The Morgan fingerprint density at radius 2 is 1.89 bits per heavy atom. The van der Waals surface area contributed by atoms with Crippen molar-refractivity contribution in [2.45, 2.75) is 24.7 Å². The number of carbonyl (C=O) groups is 1. The first-order valence-corrected chi connectivity index (χ1v) is 8.73. The fourth-order valence-electron chi connectivity index (χ4n) is 3.22. The number of rotatable bonds is 5. The van der Waals surface area contributed by atoms with Gasteiger partial charge in [-0.15, -0.1) is 0 Å². The molecule has 28 heavy (non-hydrogen) atoms. The summed E-state index contributed by atoms with van der Waals surface area (Å²) in [4.78, 5) is 23.1. The number of halogens is 1. The molecule has 8 heteroatoms. The van der Waals surface area contributed by atoms with Crippen LogP contribution in [0.3, 0.4) is 0 Å². The van der Waals surface area contributed by atoms with Crippen LogP contribution in [-0.4, -0.2) is 26.0 Å². The van der Waals surface area contributed by atoms with E-state index in [1.807, 2.05) is 6.07 Å². The lowest BCUT2D eigenvalue weighted by atomic mass is 9.70. The maximum Gasteiger partial charge on any atom is 0.337 e. The SMILES string of the molecule is Nc1cnc(C2CC(c3ccc(Oc4ccc(C(=O)O)cn4)c(F)c3)C2)cn1.